The van der Waals surface area contributed by atoms with Crippen LogP contribution in [0.1, 0.15) is 18.1 Å². The van der Waals surface area contributed by atoms with Gasteiger partial charge < -0.3 is 14.8 Å². The maximum atomic E-state index is 12.5. The lowest BCUT2D eigenvalue weighted by molar-refractivity contribution is -0.123. The molecule has 0 saturated carbocycles. The molecule has 0 unspecified atom stereocenters. The number of hydrogen-bond acceptors (Lipinski definition) is 5. The third-order valence-electron chi connectivity index (χ3n) is 3.67. The first-order valence-corrected chi connectivity index (χ1v) is 8.56. The predicted octanol–water partition coefficient (Wildman–Crippen LogP) is 2.50. The number of amides is 2. The van der Waals surface area contributed by atoms with Crippen molar-refractivity contribution in [1.29, 1.82) is 0 Å². The van der Waals surface area contributed by atoms with Crippen LogP contribution >= 0.6 is 0 Å². The zero-order valence-electron chi connectivity index (χ0n) is 15.3. The van der Waals surface area contributed by atoms with Crippen molar-refractivity contribution in [2.75, 3.05) is 13.7 Å². The molecule has 2 aromatic rings. The van der Waals surface area contributed by atoms with Crippen LogP contribution in [0, 0.1) is 0 Å². The maximum absolute atomic E-state index is 12.5. The zero-order valence-corrected chi connectivity index (χ0v) is 15.3. The molecular weight excluding hydrogens is 346 g/mol. The van der Waals surface area contributed by atoms with Crippen LogP contribution in [0.3, 0.4) is 0 Å². The fraction of sp³-hybridized carbons (Fsp3) is 0.250. The number of nitrogens with zero attached hydrogens (tertiary/aromatic N) is 1. The second-order valence-electron chi connectivity index (χ2n) is 5.61. The summed E-state index contributed by atoms with van der Waals surface area (Å²) in [5.41, 5.74) is 4.17. The van der Waals surface area contributed by atoms with Crippen LogP contribution in [-0.4, -0.2) is 38.0 Å². The van der Waals surface area contributed by atoms with E-state index in [9.17, 15) is 9.59 Å². The summed E-state index contributed by atoms with van der Waals surface area (Å²) in [5.74, 6) is 0.300. The van der Waals surface area contributed by atoms with Gasteiger partial charge >= 0.3 is 6.09 Å². The van der Waals surface area contributed by atoms with Crippen LogP contribution < -0.4 is 15.5 Å². The number of methoxy groups -OCH3 is 1. The molecule has 2 rings (SSSR count). The first-order valence-electron chi connectivity index (χ1n) is 8.56. The van der Waals surface area contributed by atoms with Gasteiger partial charge in [-0.25, -0.2) is 10.2 Å². The van der Waals surface area contributed by atoms with Crippen LogP contribution in [0.5, 0.6) is 5.75 Å². The molecule has 7 heteroatoms. The van der Waals surface area contributed by atoms with E-state index in [1.54, 1.807) is 26.2 Å². The molecule has 0 aromatic heterocycles. The first kappa shape index (κ1) is 20.0. The molecule has 0 aliphatic rings. The number of hydrazone groups is 1. The quantitative estimate of drug-likeness (QED) is 0.553. The third kappa shape index (κ3) is 6.81. The molecule has 0 heterocycles. The number of carbonyl (C=O) groups is 2. The van der Waals surface area contributed by atoms with Gasteiger partial charge in [-0.3, -0.25) is 4.79 Å². The highest BCUT2D eigenvalue weighted by molar-refractivity contribution is 5.87. The number of rotatable bonds is 8. The lowest BCUT2D eigenvalue weighted by atomic mass is 10.1. The van der Waals surface area contributed by atoms with Crippen molar-refractivity contribution >= 4 is 18.2 Å². The van der Waals surface area contributed by atoms with Gasteiger partial charge in [0.25, 0.3) is 5.91 Å². The maximum Gasteiger partial charge on any atom is 0.407 e. The Balaban J connectivity index is 2.00. The van der Waals surface area contributed by atoms with Crippen molar-refractivity contribution < 1.29 is 19.1 Å². The number of hydrogen-bond donors (Lipinski definition) is 2. The van der Waals surface area contributed by atoms with E-state index < -0.39 is 18.0 Å². The second kappa shape index (κ2) is 10.6. The minimum absolute atomic E-state index is 0.223. The third-order valence-corrected chi connectivity index (χ3v) is 3.67. The molecule has 0 spiro atoms. The van der Waals surface area contributed by atoms with Crippen molar-refractivity contribution in [2.24, 2.45) is 5.10 Å². The minimum Gasteiger partial charge on any atom is -0.497 e. The molecule has 2 amide bonds. The number of alkyl carbamates (subject to hydrolysis) is 1. The molecule has 0 aliphatic carbocycles. The highest BCUT2D eigenvalue weighted by Crippen LogP contribution is 2.09. The largest absolute Gasteiger partial charge is 0.497 e. The monoisotopic (exact) mass is 369 g/mol. The number of ether oxygens (including phenoxy) is 2. The second-order valence-corrected chi connectivity index (χ2v) is 5.61. The van der Waals surface area contributed by atoms with Gasteiger partial charge in [0.2, 0.25) is 0 Å². The van der Waals surface area contributed by atoms with Crippen molar-refractivity contribution in [3.05, 3.63) is 65.7 Å². The van der Waals surface area contributed by atoms with Crippen LogP contribution in [0.4, 0.5) is 4.79 Å². The normalized spacial score (nSPS) is 11.6. The average molecular weight is 369 g/mol. The lowest BCUT2D eigenvalue weighted by Gasteiger charge is -2.16. The number of nitrogens with one attached hydrogen (secondary N) is 2. The van der Waals surface area contributed by atoms with Crippen molar-refractivity contribution in [2.45, 2.75) is 19.4 Å². The fourth-order valence-corrected chi connectivity index (χ4v) is 2.31. The number of benzene rings is 2. The summed E-state index contributed by atoms with van der Waals surface area (Å²) in [4.78, 5) is 24.2. The van der Waals surface area contributed by atoms with E-state index in [-0.39, 0.29) is 6.61 Å². The zero-order chi connectivity index (χ0) is 19.5. The van der Waals surface area contributed by atoms with E-state index in [1.807, 2.05) is 42.5 Å². The molecule has 0 saturated heterocycles. The van der Waals surface area contributed by atoms with Crippen molar-refractivity contribution in [3.63, 3.8) is 0 Å². The Labute approximate surface area is 158 Å². The van der Waals surface area contributed by atoms with E-state index in [4.69, 9.17) is 9.47 Å². The molecule has 2 aromatic carbocycles. The Morgan fingerprint density at radius 3 is 2.44 bits per heavy atom. The summed E-state index contributed by atoms with van der Waals surface area (Å²) in [7, 11) is 1.59. The molecule has 27 heavy (non-hydrogen) atoms. The Hall–Kier alpha value is -3.35. The Kier molecular flexibility index (Phi) is 7.84. The smallest absolute Gasteiger partial charge is 0.407 e. The Morgan fingerprint density at radius 2 is 1.81 bits per heavy atom. The van der Waals surface area contributed by atoms with Gasteiger partial charge in [0.1, 0.15) is 11.8 Å². The van der Waals surface area contributed by atoms with Gasteiger partial charge in [0, 0.05) is 6.42 Å². The van der Waals surface area contributed by atoms with Gasteiger partial charge in [-0.2, -0.15) is 5.10 Å². The van der Waals surface area contributed by atoms with E-state index in [0.717, 1.165) is 16.9 Å². The molecular formula is C20H23N3O4. The van der Waals surface area contributed by atoms with Crippen LogP contribution in [0.25, 0.3) is 0 Å². The van der Waals surface area contributed by atoms with Crippen molar-refractivity contribution in [3.8, 4) is 5.75 Å². The first-order chi connectivity index (χ1) is 13.1. The van der Waals surface area contributed by atoms with Gasteiger partial charge in [-0.05, 0) is 42.3 Å². The standard InChI is InChI=1S/C20H23N3O4/c1-3-27-20(25)22-18(13-15-7-5-4-6-8-15)19(24)23-21-14-16-9-11-17(26-2)12-10-16/h4-12,14,18H,3,13H2,1-2H3,(H,22,25)(H,23,24)/b21-14-/t18-/m0/s1. The fourth-order valence-electron chi connectivity index (χ4n) is 2.31. The summed E-state index contributed by atoms with van der Waals surface area (Å²) in [6.45, 7) is 1.92. The molecule has 2 N–H and O–H groups in total. The SMILES string of the molecule is CCOC(=O)N[C@@H](Cc1ccccc1)C(=O)N/N=C\c1ccc(OC)cc1. The lowest BCUT2D eigenvalue weighted by Crippen LogP contribution is -2.47. The topological polar surface area (TPSA) is 89.0 Å². The van der Waals surface area contributed by atoms with Crippen molar-refractivity contribution in [1.82, 2.24) is 10.7 Å². The van der Waals surface area contributed by atoms with Crippen LogP contribution in [0.15, 0.2) is 59.7 Å². The molecule has 0 aliphatic heterocycles. The van der Waals surface area contributed by atoms with E-state index in [1.165, 1.54) is 6.21 Å². The molecule has 1 atom stereocenters. The molecule has 0 fully saturated rings. The van der Waals surface area contributed by atoms with Gasteiger partial charge in [0.05, 0.1) is 19.9 Å². The summed E-state index contributed by atoms with van der Waals surface area (Å²) in [5, 5.41) is 6.52. The summed E-state index contributed by atoms with van der Waals surface area (Å²) in [6.07, 6.45) is 1.19. The predicted molar refractivity (Wildman–Crippen MR) is 103 cm³/mol. The van der Waals surface area contributed by atoms with Crippen LogP contribution in [0.2, 0.25) is 0 Å². The van der Waals surface area contributed by atoms with E-state index >= 15 is 0 Å². The molecule has 142 valence electrons. The Bertz CT molecular complexity index is 761. The summed E-state index contributed by atoms with van der Waals surface area (Å²) in [6, 6.07) is 15.8. The summed E-state index contributed by atoms with van der Waals surface area (Å²) >= 11 is 0. The Morgan fingerprint density at radius 1 is 1.11 bits per heavy atom. The highest BCUT2D eigenvalue weighted by atomic mass is 16.5. The van der Waals surface area contributed by atoms with E-state index in [0.29, 0.717) is 6.42 Å². The van der Waals surface area contributed by atoms with Gasteiger partial charge in [-0.15, -0.1) is 0 Å². The minimum atomic E-state index is -0.806. The number of carbonyl (C=O) groups excluding carboxylic acids is 2. The molecule has 0 radical (unpaired) electrons. The molecule has 7 nitrogen and oxygen atoms in total. The van der Waals surface area contributed by atoms with Gasteiger partial charge in [0.15, 0.2) is 0 Å². The van der Waals surface area contributed by atoms with Crippen LogP contribution in [-0.2, 0) is 16.0 Å². The van der Waals surface area contributed by atoms with Gasteiger partial charge in [-0.1, -0.05) is 30.3 Å². The highest BCUT2D eigenvalue weighted by Gasteiger charge is 2.21. The summed E-state index contributed by atoms with van der Waals surface area (Å²) < 4.78 is 9.97. The molecule has 0 bridgehead atoms. The van der Waals surface area contributed by atoms with E-state index in [2.05, 4.69) is 15.8 Å². The average Bonchev–Trinajstić information content (AvgIpc) is 2.69.